The first kappa shape index (κ1) is 25.0. The van der Waals surface area contributed by atoms with Gasteiger partial charge in [0.25, 0.3) is 5.91 Å². The van der Waals surface area contributed by atoms with Crippen LogP contribution in [0.4, 0.5) is 0 Å². The van der Waals surface area contributed by atoms with Crippen molar-refractivity contribution in [2.45, 2.75) is 58.9 Å². The van der Waals surface area contributed by atoms with Gasteiger partial charge in [-0.1, -0.05) is 38.3 Å². The summed E-state index contributed by atoms with van der Waals surface area (Å²) in [4.78, 5) is 31.0. The van der Waals surface area contributed by atoms with Crippen LogP contribution < -0.4 is 0 Å². The van der Waals surface area contributed by atoms with Crippen molar-refractivity contribution >= 4 is 23.2 Å². The van der Waals surface area contributed by atoms with Crippen LogP contribution in [0.3, 0.4) is 0 Å². The second-order valence-corrected chi connectivity index (χ2v) is 8.35. The van der Waals surface area contributed by atoms with E-state index in [-0.39, 0.29) is 11.6 Å². The number of thiazole rings is 1. The Morgan fingerprint density at radius 1 is 1.06 bits per heavy atom. The maximum Gasteiger partial charge on any atom is 0.357 e. The van der Waals surface area contributed by atoms with Crippen LogP contribution >= 0.6 is 11.3 Å². The van der Waals surface area contributed by atoms with Gasteiger partial charge in [-0.25, -0.2) is 9.78 Å². The molecule has 0 saturated heterocycles. The van der Waals surface area contributed by atoms with Gasteiger partial charge in [0, 0.05) is 30.7 Å². The van der Waals surface area contributed by atoms with E-state index in [1.54, 1.807) is 10.3 Å². The summed E-state index contributed by atoms with van der Waals surface area (Å²) in [6, 6.07) is 7.93. The minimum absolute atomic E-state index is 0.0381. The summed E-state index contributed by atoms with van der Waals surface area (Å²) in [5.74, 6) is -0.505. The van der Waals surface area contributed by atoms with Crippen LogP contribution in [-0.2, 0) is 22.4 Å². The number of amides is 1. The van der Waals surface area contributed by atoms with Crippen molar-refractivity contribution in [3.63, 3.8) is 0 Å². The summed E-state index contributed by atoms with van der Waals surface area (Å²) in [5, 5.41) is 2.37. The van der Waals surface area contributed by atoms with E-state index in [4.69, 9.17) is 9.47 Å². The van der Waals surface area contributed by atoms with Gasteiger partial charge in [-0.05, 0) is 43.9 Å². The highest BCUT2D eigenvalue weighted by Crippen LogP contribution is 2.17. The van der Waals surface area contributed by atoms with Crippen molar-refractivity contribution < 1.29 is 19.1 Å². The summed E-state index contributed by atoms with van der Waals surface area (Å²) >= 11 is 1.36. The van der Waals surface area contributed by atoms with E-state index in [0.717, 1.165) is 12.8 Å². The Kier molecular flexibility index (Phi) is 11.2. The highest BCUT2D eigenvalue weighted by molar-refractivity contribution is 7.09. The molecule has 2 rings (SSSR count). The first-order chi connectivity index (χ1) is 15.1. The van der Waals surface area contributed by atoms with Crippen molar-refractivity contribution in [2.24, 2.45) is 0 Å². The molecule has 1 aromatic carbocycles. The molecule has 31 heavy (non-hydrogen) atoms. The van der Waals surface area contributed by atoms with Crippen molar-refractivity contribution in [3.05, 3.63) is 51.5 Å². The number of carbonyl (C=O) groups is 2. The quantitative estimate of drug-likeness (QED) is 0.297. The van der Waals surface area contributed by atoms with Gasteiger partial charge >= 0.3 is 5.97 Å². The standard InChI is InChI=1S/C24H34N2O4S/c1-4-6-7-8-10-19-11-13-20(14-12-19)23(27)26(15-9-16-30-5-2)17-22-25-21(18-31-22)24(28)29-3/h11-14,18H,4-10,15-17H2,1-3H3. The second-order valence-electron chi connectivity index (χ2n) is 7.40. The molecule has 2 aromatic rings. The molecule has 6 nitrogen and oxygen atoms in total. The molecule has 0 aliphatic rings. The van der Waals surface area contributed by atoms with Crippen molar-refractivity contribution in [2.75, 3.05) is 26.9 Å². The van der Waals surface area contributed by atoms with E-state index in [1.165, 1.54) is 49.7 Å². The maximum atomic E-state index is 13.2. The van der Waals surface area contributed by atoms with Crippen LogP contribution in [-0.4, -0.2) is 48.6 Å². The lowest BCUT2D eigenvalue weighted by atomic mass is 10.0. The molecule has 0 unspecified atom stereocenters. The third kappa shape index (κ3) is 8.42. The van der Waals surface area contributed by atoms with Gasteiger partial charge in [0.05, 0.1) is 13.7 Å². The van der Waals surface area contributed by atoms with E-state index < -0.39 is 5.97 Å². The number of methoxy groups -OCH3 is 1. The molecule has 0 atom stereocenters. The second kappa shape index (κ2) is 13.9. The summed E-state index contributed by atoms with van der Waals surface area (Å²) in [6.07, 6.45) is 6.70. The number of aryl methyl sites for hydroxylation is 1. The lowest BCUT2D eigenvalue weighted by Gasteiger charge is -2.22. The molecule has 0 saturated carbocycles. The Morgan fingerprint density at radius 3 is 2.52 bits per heavy atom. The zero-order valence-corrected chi connectivity index (χ0v) is 19.7. The van der Waals surface area contributed by atoms with Gasteiger partial charge in [0.2, 0.25) is 0 Å². The SMILES string of the molecule is CCCCCCc1ccc(C(=O)N(CCCOCC)Cc2nc(C(=O)OC)cs2)cc1. The number of hydrogen-bond acceptors (Lipinski definition) is 6. The molecule has 1 amide bonds. The molecule has 0 N–H and O–H groups in total. The fraction of sp³-hybridized carbons (Fsp3) is 0.542. The molecule has 0 aliphatic heterocycles. The van der Waals surface area contributed by atoms with E-state index in [9.17, 15) is 9.59 Å². The van der Waals surface area contributed by atoms with Crippen molar-refractivity contribution in [1.29, 1.82) is 0 Å². The smallest absolute Gasteiger partial charge is 0.357 e. The Morgan fingerprint density at radius 2 is 1.84 bits per heavy atom. The highest BCUT2D eigenvalue weighted by Gasteiger charge is 2.19. The van der Waals surface area contributed by atoms with Crippen molar-refractivity contribution in [1.82, 2.24) is 9.88 Å². The number of benzene rings is 1. The number of esters is 1. The molecule has 0 radical (unpaired) electrons. The van der Waals surface area contributed by atoms with E-state index in [2.05, 4.69) is 24.0 Å². The fourth-order valence-electron chi connectivity index (χ4n) is 3.25. The van der Waals surface area contributed by atoms with Crippen LogP contribution in [0.5, 0.6) is 0 Å². The summed E-state index contributed by atoms with van der Waals surface area (Å²) in [5.41, 5.74) is 2.20. The number of nitrogens with zero attached hydrogens (tertiary/aromatic N) is 2. The molecular formula is C24H34N2O4S. The van der Waals surface area contributed by atoms with Gasteiger partial charge in [-0.15, -0.1) is 11.3 Å². The molecule has 7 heteroatoms. The average Bonchev–Trinajstić information content (AvgIpc) is 3.27. The molecule has 0 bridgehead atoms. The Hall–Kier alpha value is -2.25. The average molecular weight is 447 g/mol. The van der Waals surface area contributed by atoms with Crippen LogP contribution in [0.1, 0.15) is 77.4 Å². The molecule has 0 fully saturated rings. The molecule has 170 valence electrons. The lowest BCUT2D eigenvalue weighted by molar-refractivity contribution is 0.0594. The van der Waals surface area contributed by atoms with E-state index in [0.29, 0.717) is 36.9 Å². The van der Waals surface area contributed by atoms with Gasteiger partial charge < -0.3 is 14.4 Å². The van der Waals surface area contributed by atoms with Gasteiger partial charge in [-0.2, -0.15) is 0 Å². The Labute approximate surface area is 189 Å². The Balaban J connectivity index is 2.04. The molecule has 1 heterocycles. The number of ether oxygens (including phenoxy) is 2. The van der Waals surface area contributed by atoms with Crippen LogP contribution in [0.15, 0.2) is 29.6 Å². The summed E-state index contributed by atoms with van der Waals surface area (Å²) < 4.78 is 10.2. The minimum atomic E-state index is -0.466. The predicted molar refractivity (Wildman–Crippen MR) is 124 cm³/mol. The third-order valence-electron chi connectivity index (χ3n) is 5.00. The zero-order valence-electron chi connectivity index (χ0n) is 18.9. The predicted octanol–water partition coefficient (Wildman–Crippen LogP) is 5.12. The normalized spacial score (nSPS) is 10.8. The maximum absolute atomic E-state index is 13.2. The summed E-state index contributed by atoms with van der Waals surface area (Å²) in [7, 11) is 1.33. The largest absolute Gasteiger partial charge is 0.464 e. The van der Waals surface area contributed by atoms with E-state index in [1.807, 2.05) is 19.1 Å². The van der Waals surface area contributed by atoms with Gasteiger partial charge in [-0.3, -0.25) is 4.79 Å². The lowest BCUT2D eigenvalue weighted by Crippen LogP contribution is -2.32. The molecule has 1 aromatic heterocycles. The first-order valence-corrected chi connectivity index (χ1v) is 12.0. The Bertz CT molecular complexity index is 804. The molecule has 0 aliphatic carbocycles. The van der Waals surface area contributed by atoms with Crippen molar-refractivity contribution in [3.8, 4) is 0 Å². The number of unbranched alkanes of at least 4 members (excludes halogenated alkanes) is 3. The zero-order chi connectivity index (χ0) is 22.5. The van der Waals surface area contributed by atoms with Crippen LogP contribution in [0, 0.1) is 0 Å². The number of rotatable bonds is 14. The third-order valence-corrected chi connectivity index (χ3v) is 5.83. The van der Waals surface area contributed by atoms with Crippen LogP contribution in [0.25, 0.3) is 0 Å². The minimum Gasteiger partial charge on any atom is -0.464 e. The van der Waals surface area contributed by atoms with Gasteiger partial charge in [0.15, 0.2) is 5.69 Å². The first-order valence-electron chi connectivity index (χ1n) is 11.1. The van der Waals surface area contributed by atoms with Gasteiger partial charge in [0.1, 0.15) is 5.01 Å². The molecule has 0 spiro atoms. The highest BCUT2D eigenvalue weighted by atomic mass is 32.1. The fourth-order valence-corrected chi connectivity index (χ4v) is 4.03. The number of carbonyl (C=O) groups excluding carboxylic acids is 2. The number of hydrogen-bond donors (Lipinski definition) is 0. The topological polar surface area (TPSA) is 68.7 Å². The summed E-state index contributed by atoms with van der Waals surface area (Å²) in [6.45, 7) is 6.33. The van der Waals surface area contributed by atoms with E-state index >= 15 is 0 Å². The molecular weight excluding hydrogens is 412 g/mol. The number of aromatic nitrogens is 1. The van der Waals surface area contributed by atoms with Crippen LogP contribution in [0.2, 0.25) is 0 Å². The monoisotopic (exact) mass is 446 g/mol.